The minimum absolute atomic E-state index is 0.00313. The molecule has 0 radical (unpaired) electrons. The molecule has 0 spiro atoms. The van der Waals surface area contributed by atoms with Crippen LogP contribution in [0.15, 0.2) is 4.52 Å². The summed E-state index contributed by atoms with van der Waals surface area (Å²) in [7, 11) is 1.72. The van der Waals surface area contributed by atoms with Crippen LogP contribution < -0.4 is 5.32 Å². The predicted octanol–water partition coefficient (Wildman–Crippen LogP) is 3.05. The highest BCUT2D eigenvalue weighted by molar-refractivity contribution is 5.02. The third-order valence-electron chi connectivity index (χ3n) is 4.11. The van der Waals surface area contributed by atoms with E-state index in [1.54, 1.807) is 7.11 Å². The molecule has 1 N–H and O–H groups in total. The summed E-state index contributed by atoms with van der Waals surface area (Å²) in [5, 5.41) is 7.67. The molecule has 5 nitrogen and oxygen atoms in total. The molecule has 1 aliphatic carbocycles. The fourth-order valence-electron chi connectivity index (χ4n) is 2.63. The van der Waals surface area contributed by atoms with Crippen LogP contribution in [0.1, 0.15) is 70.2 Å². The van der Waals surface area contributed by atoms with E-state index in [2.05, 4.69) is 36.2 Å². The van der Waals surface area contributed by atoms with Gasteiger partial charge in [0.05, 0.1) is 5.92 Å². The molecule has 114 valence electrons. The molecule has 1 aromatic heterocycles. The largest absolute Gasteiger partial charge is 0.373 e. The van der Waals surface area contributed by atoms with E-state index in [0.29, 0.717) is 17.8 Å². The van der Waals surface area contributed by atoms with Crippen LogP contribution in [0.25, 0.3) is 0 Å². The maximum Gasteiger partial charge on any atom is 0.231 e. The lowest BCUT2D eigenvalue weighted by atomic mass is 9.99. The summed E-state index contributed by atoms with van der Waals surface area (Å²) >= 11 is 0. The summed E-state index contributed by atoms with van der Waals surface area (Å²) in [6.45, 7) is 7.52. The molecule has 3 atom stereocenters. The maximum atomic E-state index is 5.50. The topological polar surface area (TPSA) is 60.2 Å². The second-order valence-corrected chi connectivity index (χ2v) is 5.74. The minimum Gasteiger partial charge on any atom is -0.373 e. The standard InChI is InChI=1S/C15H27N3O2/c1-5-9-16-12(6-2)10(3)15-17-14(18-20-15)13(19-4)11-7-8-11/h10-13,16H,5-9H2,1-4H3. The molecule has 1 saturated carbocycles. The zero-order chi connectivity index (χ0) is 14.5. The van der Waals surface area contributed by atoms with Crippen LogP contribution in [0.3, 0.4) is 0 Å². The Bertz CT molecular complexity index is 404. The first-order chi connectivity index (χ1) is 9.71. The molecular weight excluding hydrogens is 254 g/mol. The van der Waals surface area contributed by atoms with Crippen molar-refractivity contribution in [3.63, 3.8) is 0 Å². The number of methoxy groups -OCH3 is 1. The first-order valence-electron chi connectivity index (χ1n) is 7.80. The van der Waals surface area contributed by atoms with Crippen LogP contribution >= 0.6 is 0 Å². The quantitative estimate of drug-likeness (QED) is 0.754. The predicted molar refractivity (Wildman–Crippen MR) is 77.6 cm³/mol. The van der Waals surface area contributed by atoms with E-state index in [1.807, 2.05) is 0 Å². The van der Waals surface area contributed by atoms with E-state index in [1.165, 1.54) is 12.8 Å². The molecule has 1 heterocycles. The summed E-state index contributed by atoms with van der Waals surface area (Å²) in [4.78, 5) is 4.58. The summed E-state index contributed by atoms with van der Waals surface area (Å²) < 4.78 is 11.0. The van der Waals surface area contributed by atoms with Crippen LogP contribution in [0.5, 0.6) is 0 Å². The number of hydrogen-bond donors (Lipinski definition) is 1. The zero-order valence-corrected chi connectivity index (χ0v) is 13.1. The molecule has 3 unspecified atom stereocenters. The van der Waals surface area contributed by atoms with Crippen LogP contribution in [0, 0.1) is 5.92 Å². The Hall–Kier alpha value is -0.940. The van der Waals surface area contributed by atoms with Gasteiger partial charge in [-0.1, -0.05) is 25.9 Å². The lowest BCUT2D eigenvalue weighted by Gasteiger charge is -2.20. The first-order valence-corrected chi connectivity index (χ1v) is 7.80. The van der Waals surface area contributed by atoms with Crippen LogP contribution in [0.4, 0.5) is 0 Å². The molecule has 5 heteroatoms. The fourth-order valence-corrected chi connectivity index (χ4v) is 2.63. The third-order valence-corrected chi connectivity index (χ3v) is 4.11. The fraction of sp³-hybridized carbons (Fsp3) is 0.867. The summed E-state index contributed by atoms with van der Waals surface area (Å²) in [5.74, 6) is 2.23. The van der Waals surface area contributed by atoms with Crippen molar-refractivity contribution >= 4 is 0 Å². The average Bonchev–Trinajstić information content (AvgIpc) is 3.17. The van der Waals surface area contributed by atoms with E-state index in [-0.39, 0.29) is 12.0 Å². The molecule has 2 rings (SSSR count). The van der Waals surface area contributed by atoms with Gasteiger partial charge in [0.15, 0.2) is 0 Å². The number of nitrogens with one attached hydrogen (secondary N) is 1. The number of aromatic nitrogens is 2. The lowest BCUT2D eigenvalue weighted by molar-refractivity contribution is 0.0751. The van der Waals surface area contributed by atoms with E-state index in [0.717, 1.165) is 25.3 Å². The minimum atomic E-state index is 0.00313. The Morgan fingerprint density at radius 3 is 2.70 bits per heavy atom. The van der Waals surface area contributed by atoms with Crippen molar-refractivity contribution < 1.29 is 9.26 Å². The SMILES string of the molecule is CCCNC(CC)C(C)c1nc(C(OC)C2CC2)no1. The molecule has 0 aromatic carbocycles. The van der Waals surface area contributed by atoms with E-state index >= 15 is 0 Å². The second-order valence-electron chi connectivity index (χ2n) is 5.74. The summed E-state index contributed by atoms with van der Waals surface area (Å²) in [6, 6.07) is 0.380. The summed E-state index contributed by atoms with van der Waals surface area (Å²) in [6.07, 6.45) is 4.59. The molecule has 0 amide bonds. The lowest BCUT2D eigenvalue weighted by Crippen LogP contribution is -2.33. The van der Waals surface area contributed by atoms with Gasteiger partial charge in [-0.3, -0.25) is 0 Å². The Labute approximate surface area is 121 Å². The highest BCUT2D eigenvalue weighted by Crippen LogP contribution is 2.42. The van der Waals surface area contributed by atoms with Crippen LogP contribution in [0.2, 0.25) is 0 Å². The van der Waals surface area contributed by atoms with Gasteiger partial charge in [-0.15, -0.1) is 0 Å². The van der Waals surface area contributed by atoms with Gasteiger partial charge in [-0.25, -0.2) is 0 Å². The monoisotopic (exact) mass is 281 g/mol. The molecule has 20 heavy (non-hydrogen) atoms. The molecule has 1 fully saturated rings. The highest BCUT2D eigenvalue weighted by atomic mass is 16.5. The van der Waals surface area contributed by atoms with Crippen LogP contribution in [-0.2, 0) is 4.74 Å². The second kappa shape index (κ2) is 7.18. The molecule has 0 bridgehead atoms. The number of hydrogen-bond acceptors (Lipinski definition) is 5. The van der Waals surface area contributed by atoms with Crippen molar-refractivity contribution in [2.75, 3.05) is 13.7 Å². The zero-order valence-electron chi connectivity index (χ0n) is 13.1. The number of nitrogens with zero attached hydrogens (tertiary/aromatic N) is 2. The van der Waals surface area contributed by atoms with Crippen LogP contribution in [-0.4, -0.2) is 29.8 Å². The number of ether oxygens (including phenoxy) is 1. The molecular formula is C15H27N3O2. The van der Waals surface area contributed by atoms with Gasteiger partial charge in [0, 0.05) is 13.2 Å². The molecule has 0 saturated heterocycles. The van der Waals surface area contributed by atoms with Gasteiger partial charge >= 0.3 is 0 Å². The highest BCUT2D eigenvalue weighted by Gasteiger charge is 2.36. The van der Waals surface area contributed by atoms with Gasteiger partial charge in [0.25, 0.3) is 0 Å². The van der Waals surface area contributed by atoms with Crippen molar-refractivity contribution in [3.05, 3.63) is 11.7 Å². The Balaban J connectivity index is 2.02. The normalized spacial score (nSPS) is 19.8. The van der Waals surface area contributed by atoms with Crippen molar-refractivity contribution in [1.82, 2.24) is 15.5 Å². The summed E-state index contributed by atoms with van der Waals surface area (Å²) in [5.41, 5.74) is 0. The number of rotatable bonds is 9. The Morgan fingerprint density at radius 2 is 2.15 bits per heavy atom. The maximum absolute atomic E-state index is 5.50. The Kier molecular flexibility index (Phi) is 5.54. The van der Waals surface area contributed by atoms with E-state index in [4.69, 9.17) is 9.26 Å². The average molecular weight is 281 g/mol. The van der Waals surface area contributed by atoms with Gasteiger partial charge in [0.1, 0.15) is 6.10 Å². The van der Waals surface area contributed by atoms with Gasteiger partial charge in [-0.2, -0.15) is 4.98 Å². The molecule has 1 aliphatic rings. The van der Waals surface area contributed by atoms with Gasteiger partial charge < -0.3 is 14.6 Å². The van der Waals surface area contributed by atoms with Crippen molar-refractivity contribution in [3.8, 4) is 0 Å². The van der Waals surface area contributed by atoms with Gasteiger partial charge in [-0.05, 0) is 38.1 Å². The smallest absolute Gasteiger partial charge is 0.231 e. The van der Waals surface area contributed by atoms with Crippen molar-refractivity contribution in [1.29, 1.82) is 0 Å². The van der Waals surface area contributed by atoms with Crippen molar-refractivity contribution in [2.24, 2.45) is 5.92 Å². The molecule has 1 aromatic rings. The Morgan fingerprint density at radius 1 is 1.40 bits per heavy atom. The first kappa shape index (κ1) is 15.4. The van der Waals surface area contributed by atoms with Crippen molar-refractivity contribution in [2.45, 2.75) is 64.5 Å². The van der Waals surface area contributed by atoms with E-state index < -0.39 is 0 Å². The third kappa shape index (κ3) is 3.58. The molecule has 0 aliphatic heterocycles. The van der Waals surface area contributed by atoms with E-state index in [9.17, 15) is 0 Å². The van der Waals surface area contributed by atoms with Gasteiger partial charge in [0.2, 0.25) is 11.7 Å².